The standard InChI is InChI=1S/C14H12BrN3O/c1-8-2-4-10(7-11(8)15)17-14-18-12-6-9(16)3-5-13(12)19-14/h2-7H,16H2,1H3,(H,17,18). The highest BCUT2D eigenvalue weighted by atomic mass is 79.9. The van der Waals surface area contributed by atoms with Crippen molar-refractivity contribution in [2.75, 3.05) is 11.1 Å². The Balaban J connectivity index is 1.94. The summed E-state index contributed by atoms with van der Waals surface area (Å²) in [4.78, 5) is 4.35. The van der Waals surface area contributed by atoms with Crippen LogP contribution in [0.15, 0.2) is 45.3 Å². The first kappa shape index (κ1) is 12.0. The normalized spacial score (nSPS) is 10.8. The number of hydrogen-bond acceptors (Lipinski definition) is 4. The molecule has 0 spiro atoms. The molecule has 1 aromatic heterocycles. The molecule has 5 heteroatoms. The zero-order valence-electron chi connectivity index (χ0n) is 10.3. The van der Waals surface area contributed by atoms with Gasteiger partial charge in [-0.15, -0.1) is 0 Å². The third-order valence-electron chi connectivity index (χ3n) is 2.83. The van der Waals surface area contributed by atoms with Crippen molar-refractivity contribution in [3.05, 3.63) is 46.4 Å². The Labute approximate surface area is 118 Å². The SMILES string of the molecule is Cc1ccc(Nc2nc3cc(N)ccc3o2)cc1Br. The summed E-state index contributed by atoms with van der Waals surface area (Å²) in [7, 11) is 0. The number of hydrogen-bond donors (Lipinski definition) is 2. The number of nitrogens with two attached hydrogens (primary N) is 1. The third kappa shape index (κ3) is 2.42. The summed E-state index contributed by atoms with van der Waals surface area (Å²) < 4.78 is 6.64. The van der Waals surface area contributed by atoms with E-state index in [1.807, 2.05) is 31.2 Å². The van der Waals surface area contributed by atoms with Gasteiger partial charge in [0, 0.05) is 15.8 Å². The number of rotatable bonds is 2. The van der Waals surface area contributed by atoms with E-state index in [4.69, 9.17) is 10.2 Å². The first-order chi connectivity index (χ1) is 9.11. The summed E-state index contributed by atoms with van der Waals surface area (Å²) in [5.41, 5.74) is 9.93. The maximum Gasteiger partial charge on any atom is 0.300 e. The van der Waals surface area contributed by atoms with Crippen molar-refractivity contribution >= 4 is 44.4 Å². The fourth-order valence-electron chi connectivity index (χ4n) is 1.79. The molecule has 0 saturated heterocycles. The van der Waals surface area contributed by atoms with E-state index in [9.17, 15) is 0 Å². The molecule has 0 atom stereocenters. The second kappa shape index (κ2) is 4.59. The Morgan fingerprint density at radius 2 is 2.05 bits per heavy atom. The number of halogens is 1. The van der Waals surface area contributed by atoms with Crippen LogP contribution in [0.1, 0.15) is 5.56 Å². The zero-order chi connectivity index (χ0) is 13.4. The molecule has 2 aromatic carbocycles. The summed E-state index contributed by atoms with van der Waals surface area (Å²) in [6.45, 7) is 2.04. The number of benzene rings is 2. The predicted molar refractivity (Wildman–Crippen MR) is 80.6 cm³/mol. The lowest BCUT2D eigenvalue weighted by atomic mass is 10.2. The van der Waals surface area contributed by atoms with E-state index in [0.29, 0.717) is 17.3 Å². The van der Waals surface area contributed by atoms with Crippen LogP contribution in [0, 0.1) is 6.92 Å². The number of anilines is 3. The number of nitrogens with zero attached hydrogens (tertiary/aromatic N) is 1. The Morgan fingerprint density at radius 1 is 1.21 bits per heavy atom. The van der Waals surface area contributed by atoms with Crippen LogP contribution in [0.2, 0.25) is 0 Å². The van der Waals surface area contributed by atoms with Gasteiger partial charge in [-0.3, -0.25) is 0 Å². The molecule has 96 valence electrons. The summed E-state index contributed by atoms with van der Waals surface area (Å²) in [6.07, 6.45) is 0. The smallest absolute Gasteiger partial charge is 0.300 e. The van der Waals surface area contributed by atoms with Gasteiger partial charge in [0.2, 0.25) is 0 Å². The van der Waals surface area contributed by atoms with E-state index >= 15 is 0 Å². The molecule has 0 fully saturated rings. The summed E-state index contributed by atoms with van der Waals surface area (Å²) in [6, 6.07) is 11.8. The fourth-order valence-corrected chi connectivity index (χ4v) is 2.17. The van der Waals surface area contributed by atoms with Crippen LogP contribution in [-0.2, 0) is 0 Å². The van der Waals surface area contributed by atoms with Gasteiger partial charge in [-0.1, -0.05) is 22.0 Å². The molecule has 19 heavy (non-hydrogen) atoms. The van der Waals surface area contributed by atoms with Crippen LogP contribution < -0.4 is 11.1 Å². The minimum absolute atomic E-state index is 0.455. The third-order valence-corrected chi connectivity index (χ3v) is 3.69. The quantitative estimate of drug-likeness (QED) is 0.694. The monoisotopic (exact) mass is 317 g/mol. The first-order valence-electron chi connectivity index (χ1n) is 5.81. The van der Waals surface area contributed by atoms with Crippen molar-refractivity contribution in [1.29, 1.82) is 0 Å². The molecule has 4 nitrogen and oxygen atoms in total. The Morgan fingerprint density at radius 3 is 2.84 bits per heavy atom. The maximum atomic E-state index is 5.71. The number of nitrogens with one attached hydrogen (secondary N) is 1. The molecule has 3 rings (SSSR count). The van der Waals surface area contributed by atoms with E-state index in [2.05, 4.69) is 26.2 Å². The lowest BCUT2D eigenvalue weighted by Crippen LogP contribution is -1.90. The van der Waals surface area contributed by atoms with E-state index < -0.39 is 0 Å². The number of aromatic nitrogens is 1. The van der Waals surface area contributed by atoms with Gasteiger partial charge < -0.3 is 15.5 Å². The van der Waals surface area contributed by atoms with Crippen LogP contribution >= 0.6 is 15.9 Å². The van der Waals surface area contributed by atoms with E-state index in [0.717, 1.165) is 15.7 Å². The van der Waals surface area contributed by atoms with Crippen molar-refractivity contribution in [2.45, 2.75) is 6.92 Å². The van der Waals surface area contributed by atoms with E-state index in [1.165, 1.54) is 5.56 Å². The highest BCUT2D eigenvalue weighted by Crippen LogP contribution is 2.26. The maximum absolute atomic E-state index is 5.71. The Kier molecular flexibility index (Phi) is 2.91. The van der Waals surface area contributed by atoms with Gasteiger partial charge >= 0.3 is 0 Å². The van der Waals surface area contributed by atoms with Crippen molar-refractivity contribution in [3.63, 3.8) is 0 Å². The van der Waals surface area contributed by atoms with Crippen LogP contribution in [0.5, 0.6) is 0 Å². The van der Waals surface area contributed by atoms with Gasteiger partial charge in [-0.25, -0.2) is 0 Å². The summed E-state index contributed by atoms with van der Waals surface area (Å²) >= 11 is 3.50. The fraction of sp³-hybridized carbons (Fsp3) is 0.0714. The zero-order valence-corrected chi connectivity index (χ0v) is 11.9. The highest BCUT2D eigenvalue weighted by Gasteiger charge is 2.06. The van der Waals surface area contributed by atoms with Crippen LogP contribution in [0.3, 0.4) is 0 Å². The molecule has 0 aliphatic heterocycles. The summed E-state index contributed by atoms with van der Waals surface area (Å²) in [5, 5.41) is 3.13. The average Bonchev–Trinajstić information content (AvgIpc) is 2.75. The molecule has 0 radical (unpaired) electrons. The predicted octanol–water partition coefficient (Wildman–Crippen LogP) is 4.22. The Bertz CT molecular complexity index is 752. The molecule has 0 saturated carbocycles. The molecule has 3 N–H and O–H groups in total. The minimum Gasteiger partial charge on any atom is -0.423 e. The number of nitrogen functional groups attached to an aromatic ring is 1. The van der Waals surface area contributed by atoms with Gasteiger partial charge in [0.1, 0.15) is 5.52 Å². The molecule has 0 amide bonds. The van der Waals surface area contributed by atoms with Gasteiger partial charge in [0.25, 0.3) is 6.01 Å². The van der Waals surface area contributed by atoms with Crippen LogP contribution in [0.4, 0.5) is 17.4 Å². The van der Waals surface area contributed by atoms with Crippen LogP contribution in [-0.4, -0.2) is 4.98 Å². The molecule has 0 bridgehead atoms. The molecular weight excluding hydrogens is 306 g/mol. The first-order valence-corrected chi connectivity index (χ1v) is 6.60. The number of aryl methyl sites for hydroxylation is 1. The molecule has 3 aromatic rings. The number of fused-ring (bicyclic) bond motifs is 1. The van der Waals surface area contributed by atoms with Crippen molar-refractivity contribution in [1.82, 2.24) is 4.98 Å². The van der Waals surface area contributed by atoms with Gasteiger partial charge in [0.15, 0.2) is 5.58 Å². The van der Waals surface area contributed by atoms with Crippen molar-refractivity contribution in [3.8, 4) is 0 Å². The molecule has 0 aliphatic carbocycles. The lowest BCUT2D eigenvalue weighted by Gasteiger charge is -2.03. The highest BCUT2D eigenvalue weighted by molar-refractivity contribution is 9.10. The van der Waals surface area contributed by atoms with Crippen molar-refractivity contribution < 1.29 is 4.42 Å². The van der Waals surface area contributed by atoms with E-state index in [-0.39, 0.29) is 0 Å². The number of oxazole rings is 1. The topological polar surface area (TPSA) is 64.1 Å². The minimum atomic E-state index is 0.455. The van der Waals surface area contributed by atoms with E-state index in [1.54, 1.807) is 12.1 Å². The lowest BCUT2D eigenvalue weighted by molar-refractivity contribution is 0.623. The second-order valence-corrected chi connectivity index (χ2v) is 5.19. The molecular formula is C14H12BrN3O. The Hall–Kier alpha value is -2.01. The van der Waals surface area contributed by atoms with Crippen molar-refractivity contribution in [2.24, 2.45) is 0 Å². The van der Waals surface area contributed by atoms with Gasteiger partial charge in [0.05, 0.1) is 0 Å². The van der Waals surface area contributed by atoms with Gasteiger partial charge in [-0.2, -0.15) is 4.98 Å². The largest absolute Gasteiger partial charge is 0.423 e. The molecule has 0 aliphatic rings. The van der Waals surface area contributed by atoms with Crippen LogP contribution in [0.25, 0.3) is 11.1 Å². The molecule has 0 unspecified atom stereocenters. The molecule has 1 heterocycles. The summed E-state index contributed by atoms with van der Waals surface area (Å²) in [5.74, 6) is 0. The average molecular weight is 318 g/mol. The van der Waals surface area contributed by atoms with Gasteiger partial charge in [-0.05, 0) is 42.8 Å². The second-order valence-electron chi connectivity index (χ2n) is 4.34.